The first kappa shape index (κ1) is 21.9. The molecule has 8 heteroatoms. The number of ketones is 1. The predicted molar refractivity (Wildman–Crippen MR) is 130 cm³/mol. The zero-order chi connectivity index (χ0) is 23.7. The Bertz CT molecular complexity index is 1440. The molecular formula is C26H24N4O4. The van der Waals surface area contributed by atoms with Gasteiger partial charge in [-0.05, 0) is 31.5 Å². The van der Waals surface area contributed by atoms with Crippen LogP contribution in [0.25, 0.3) is 22.2 Å². The molecule has 1 aliphatic heterocycles. The monoisotopic (exact) mass is 456 g/mol. The lowest BCUT2D eigenvalue weighted by Crippen LogP contribution is -2.35. The van der Waals surface area contributed by atoms with Crippen LogP contribution in [0, 0.1) is 6.92 Å². The van der Waals surface area contributed by atoms with Crippen molar-refractivity contribution < 1.29 is 13.9 Å². The number of rotatable bonds is 5. The van der Waals surface area contributed by atoms with Crippen molar-refractivity contribution in [2.45, 2.75) is 20.0 Å². The van der Waals surface area contributed by atoms with Gasteiger partial charge in [0.15, 0.2) is 5.78 Å². The number of ether oxygens (including phenoxy) is 1. The molecule has 0 saturated carbocycles. The first-order valence-corrected chi connectivity index (χ1v) is 11.1. The smallest absolute Gasteiger partial charge is 0.347 e. The third kappa shape index (κ3) is 4.21. The highest BCUT2D eigenvalue weighted by atomic mass is 16.5. The molecule has 34 heavy (non-hydrogen) atoms. The quantitative estimate of drug-likeness (QED) is 0.341. The van der Waals surface area contributed by atoms with Crippen molar-refractivity contribution in [1.82, 2.24) is 15.3 Å². The zero-order valence-electron chi connectivity index (χ0n) is 18.9. The lowest BCUT2D eigenvalue weighted by molar-refractivity contribution is 0.0277. The number of aryl methyl sites for hydroxylation is 1. The normalized spacial score (nSPS) is 15.9. The SMILES string of the molecule is CC(=O)c1c(C2CNCCO2)c2ccc(Nc3cc(-c4ccccc4C)ncn3)cc2oc1=O. The molecule has 4 aromatic rings. The molecule has 3 heterocycles. The lowest BCUT2D eigenvalue weighted by atomic mass is 9.96. The van der Waals surface area contributed by atoms with E-state index < -0.39 is 11.7 Å². The van der Waals surface area contributed by atoms with Gasteiger partial charge in [-0.1, -0.05) is 24.3 Å². The summed E-state index contributed by atoms with van der Waals surface area (Å²) in [5, 5.41) is 7.19. The molecule has 172 valence electrons. The minimum atomic E-state index is -0.662. The third-order valence-corrected chi connectivity index (χ3v) is 5.91. The van der Waals surface area contributed by atoms with Gasteiger partial charge >= 0.3 is 5.63 Å². The Hall–Kier alpha value is -3.88. The van der Waals surface area contributed by atoms with Gasteiger partial charge in [-0.2, -0.15) is 0 Å². The van der Waals surface area contributed by atoms with Gasteiger partial charge in [-0.25, -0.2) is 14.8 Å². The van der Waals surface area contributed by atoms with E-state index in [1.54, 1.807) is 6.07 Å². The average Bonchev–Trinajstić information content (AvgIpc) is 2.84. The van der Waals surface area contributed by atoms with Crippen LogP contribution in [0.1, 0.15) is 34.5 Å². The minimum Gasteiger partial charge on any atom is -0.422 e. The van der Waals surface area contributed by atoms with Crippen LogP contribution in [0.4, 0.5) is 11.5 Å². The molecule has 0 amide bonds. The van der Waals surface area contributed by atoms with Gasteiger partial charge in [0.25, 0.3) is 0 Å². The standard InChI is InChI=1S/C26H24N4O4/c1-15-5-3-4-6-18(15)20-12-23(29-14-28-20)30-17-7-8-19-21(11-17)34-26(32)24(16(2)31)25(19)22-13-27-9-10-33-22/h3-8,11-12,14,22,27H,9-10,13H2,1-2H3,(H,28,29,30). The van der Waals surface area contributed by atoms with Crippen molar-refractivity contribution in [2.24, 2.45) is 0 Å². The molecule has 2 N–H and O–H groups in total. The molecule has 2 aromatic heterocycles. The number of hydrogen-bond donors (Lipinski definition) is 2. The van der Waals surface area contributed by atoms with E-state index in [9.17, 15) is 9.59 Å². The van der Waals surface area contributed by atoms with Crippen molar-refractivity contribution in [3.8, 4) is 11.3 Å². The fourth-order valence-electron chi connectivity index (χ4n) is 4.30. The molecule has 0 spiro atoms. The van der Waals surface area contributed by atoms with Crippen LogP contribution in [0.15, 0.2) is 64.1 Å². The van der Waals surface area contributed by atoms with Gasteiger partial charge in [0.05, 0.1) is 18.4 Å². The maximum absolute atomic E-state index is 12.7. The number of anilines is 2. The Kier molecular flexibility index (Phi) is 5.91. The average molecular weight is 457 g/mol. The summed E-state index contributed by atoms with van der Waals surface area (Å²) in [6, 6.07) is 15.3. The summed E-state index contributed by atoms with van der Waals surface area (Å²) in [6.45, 7) is 5.15. The Morgan fingerprint density at radius 2 is 2.00 bits per heavy atom. The number of Topliss-reactive ketones (excluding diaryl/α,β-unsaturated/α-hetero) is 1. The first-order chi connectivity index (χ1) is 16.5. The van der Waals surface area contributed by atoms with Gasteiger partial charge in [0.1, 0.15) is 23.3 Å². The van der Waals surface area contributed by atoms with E-state index in [-0.39, 0.29) is 11.3 Å². The number of benzene rings is 2. The minimum absolute atomic E-state index is 0.0422. The Morgan fingerprint density at radius 1 is 1.15 bits per heavy atom. The summed E-state index contributed by atoms with van der Waals surface area (Å²) in [5.41, 5.74) is 3.96. The van der Waals surface area contributed by atoms with Crippen molar-refractivity contribution in [3.05, 3.63) is 82.0 Å². The summed E-state index contributed by atoms with van der Waals surface area (Å²) in [5.74, 6) is 0.266. The van der Waals surface area contributed by atoms with Gasteiger partial charge in [0.2, 0.25) is 0 Å². The van der Waals surface area contributed by atoms with E-state index in [1.165, 1.54) is 13.3 Å². The fraction of sp³-hybridized carbons (Fsp3) is 0.231. The van der Waals surface area contributed by atoms with Crippen LogP contribution in [0.2, 0.25) is 0 Å². The number of carbonyl (C=O) groups is 1. The van der Waals surface area contributed by atoms with Crippen LogP contribution in [-0.2, 0) is 4.74 Å². The van der Waals surface area contributed by atoms with Gasteiger partial charge in [-0.3, -0.25) is 4.79 Å². The highest BCUT2D eigenvalue weighted by molar-refractivity contribution is 6.00. The summed E-state index contributed by atoms with van der Waals surface area (Å²) < 4.78 is 11.4. The van der Waals surface area contributed by atoms with E-state index in [2.05, 4.69) is 20.6 Å². The number of fused-ring (bicyclic) bond motifs is 1. The number of hydrogen-bond acceptors (Lipinski definition) is 8. The maximum atomic E-state index is 12.7. The molecule has 0 radical (unpaired) electrons. The van der Waals surface area contributed by atoms with Crippen molar-refractivity contribution in [3.63, 3.8) is 0 Å². The van der Waals surface area contributed by atoms with Gasteiger partial charge in [0, 0.05) is 47.4 Å². The van der Waals surface area contributed by atoms with Crippen LogP contribution < -0.4 is 16.3 Å². The van der Waals surface area contributed by atoms with E-state index in [1.807, 2.05) is 49.4 Å². The van der Waals surface area contributed by atoms with E-state index in [0.717, 1.165) is 23.4 Å². The molecule has 1 saturated heterocycles. The fourth-order valence-corrected chi connectivity index (χ4v) is 4.30. The molecule has 0 aliphatic carbocycles. The van der Waals surface area contributed by atoms with Crippen molar-refractivity contribution in [1.29, 1.82) is 0 Å². The Labute approximate surface area is 196 Å². The van der Waals surface area contributed by atoms with Crippen molar-refractivity contribution >= 4 is 28.3 Å². The number of morpholine rings is 1. The molecule has 5 rings (SSSR count). The molecule has 0 bridgehead atoms. The first-order valence-electron chi connectivity index (χ1n) is 11.1. The highest BCUT2D eigenvalue weighted by Gasteiger charge is 2.27. The second-order valence-corrected chi connectivity index (χ2v) is 8.24. The number of carbonyl (C=O) groups excluding carboxylic acids is 1. The van der Waals surface area contributed by atoms with Crippen LogP contribution >= 0.6 is 0 Å². The van der Waals surface area contributed by atoms with E-state index >= 15 is 0 Å². The van der Waals surface area contributed by atoms with E-state index in [0.29, 0.717) is 41.2 Å². The lowest BCUT2D eigenvalue weighted by Gasteiger charge is -2.26. The predicted octanol–water partition coefficient (Wildman–Crippen LogP) is 4.17. The second kappa shape index (κ2) is 9.17. The zero-order valence-corrected chi connectivity index (χ0v) is 18.9. The number of nitrogens with one attached hydrogen (secondary N) is 2. The largest absolute Gasteiger partial charge is 0.422 e. The molecule has 1 aliphatic rings. The Morgan fingerprint density at radius 3 is 2.76 bits per heavy atom. The van der Waals surface area contributed by atoms with Crippen LogP contribution in [0.3, 0.4) is 0 Å². The molecule has 1 atom stereocenters. The van der Waals surface area contributed by atoms with Crippen molar-refractivity contribution in [2.75, 3.05) is 25.0 Å². The van der Waals surface area contributed by atoms with Gasteiger partial charge in [-0.15, -0.1) is 0 Å². The second-order valence-electron chi connectivity index (χ2n) is 8.24. The molecule has 8 nitrogen and oxygen atoms in total. The third-order valence-electron chi connectivity index (χ3n) is 5.91. The molecule has 1 fully saturated rings. The molecule has 1 unspecified atom stereocenters. The highest BCUT2D eigenvalue weighted by Crippen LogP contribution is 2.32. The molecule has 2 aromatic carbocycles. The Balaban J connectivity index is 1.54. The molecular weight excluding hydrogens is 432 g/mol. The number of aromatic nitrogens is 2. The summed E-state index contributed by atoms with van der Waals surface area (Å²) in [7, 11) is 0. The van der Waals surface area contributed by atoms with Gasteiger partial charge < -0.3 is 19.8 Å². The summed E-state index contributed by atoms with van der Waals surface area (Å²) >= 11 is 0. The number of nitrogens with zero attached hydrogens (tertiary/aromatic N) is 2. The summed E-state index contributed by atoms with van der Waals surface area (Å²) in [6.07, 6.45) is 1.10. The van der Waals surface area contributed by atoms with Crippen LogP contribution in [0.5, 0.6) is 0 Å². The topological polar surface area (TPSA) is 106 Å². The van der Waals surface area contributed by atoms with E-state index in [4.69, 9.17) is 9.15 Å². The summed E-state index contributed by atoms with van der Waals surface area (Å²) in [4.78, 5) is 33.8. The van der Waals surface area contributed by atoms with Crippen LogP contribution in [-0.4, -0.2) is 35.4 Å². The maximum Gasteiger partial charge on any atom is 0.347 e.